The van der Waals surface area contributed by atoms with Crippen molar-refractivity contribution in [2.24, 2.45) is 0 Å². The van der Waals surface area contributed by atoms with Crippen molar-refractivity contribution in [3.8, 4) is 17.6 Å². The minimum Gasteiger partial charge on any atom is -0.497 e. The molecule has 0 heterocycles. The Morgan fingerprint density at radius 2 is 1.48 bits per heavy atom. The second-order valence-electron chi connectivity index (χ2n) is 4.50. The maximum atomic E-state index is 10.9. The molecule has 0 spiro atoms. The molecular weight excluding hydrogens is 266 g/mol. The molecule has 2 aromatic carbocycles. The SMILES string of the molecule is COc1ccc(C(C#N)c2ccc(OC(C)=O)cc2)cc1. The fraction of sp³-hybridized carbons (Fsp3) is 0.176. The Kier molecular flexibility index (Phi) is 4.57. The molecule has 0 aromatic heterocycles. The molecule has 21 heavy (non-hydrogen) atoms. The van der Waals surface area contributed by atoms with E-state index in [1.807, 2.05) is 24.3 Å². The van der Waals surface area contributed by atoms with Gasteiger partial charge in [0.1, 0.15) is 11.5 Å². The molecule has 4 nitrogen and oxygen atoms in total. The summed E-state index contributed by atoms with van der Waals surface area (Å²) in [5.41, 5.74) is 1.73. The standard InChI is InChI=1S/C17H15NO3/c1-12(19)21-16-9-5-14(6-10-16)17(11-18)13-3-7-15(20-2)8-4-13/h3-10,17H,1-2H3. The third-order valence-corrected chi connectivity index (χ3v) is 3.05. The van der Waals surface area contributed by atoms with Crippen LogP contribution in [0, 0.1) is 11.3 Å². The number of methoxy groups -OCH3 is 1. The monoisotopic (exact) mass is 281 g/mol. The van der Waals surface area contributed by atoms with Crippen LogP contribution in [0.15, 0.2) is 48.5 Å². The zero-order chi connectivity index (χ0) is 15.2. The molecule has 0 N–H and O–H groups in total. The Hall–Kier alpha value is -2.80. The quantitative estimate of drug-likeness (QED) is 0.637. The van der Waals surface area contributed by atoms with E-state index in [1.54, 1.807) is 31.4 Å². The van der Waals surface area contributed by atoms with Gasteiger partial charge >= 0.3 is 5.97 Å². The van der Waals surface area contributed by atoms with E-state index in [1.165, 1.54) is 6.92 Å². The average Bonchev–Trinajstić information content (AvgIpc) is 2.50. The molecule has 0 aliphatic carbocycles. The van der Waals surface area contributed by atoms with Crippen LogP contribution >= 0.6 is 0 Å². The van der Waals surface area contributed by atoms with E-state index in [0.717, 1.165) is 16.9 Å². The van der Waals surface area contributed by atoms with Gasteiger partial charge < -0.3 is 9.47 Å². The Balaban J connectivity index is 2.24. The number of hydrogen-bond acceptors (Lipinski definition) is 4. The minimum absolute atomic E-state index is 0.366. The summed E-state index contributed by atoms with van der Waals surface area (Å²) in [5.74, 6) is 0.482. The summed E-state index contributed by atoms with van der Waals surface area (Å²) in [6.07, 6.45) is 0. The summed E-state index contributed by atoms with van der Waals surface area (Å²) in [6.45, 7) is 1.35. The molecule has 0 radical (unpaired) electrons. The highest BCUT2D eigenvalue weighted by Crippen LogP contribution is 2.27. The summed E-state index contributed by atoms with van der Waals surface area (Å²) >= 11 is 0. The van der Waals surface area contributed by atoms with Crippen molar-refractivity contribution in [3.05, 3.63) is 59.7 Å². The van der Waals surface area contributed by atoms with E-state index in [0.29, 0.717) is 5.75 Å². The molecular formula is C17H15NO3. The molecule has 0 saturated carbocycles. The number of rotatable bonds is 4. The van der Waals surface area contributed by atoms with Gasteiger partial charge in [-0.25, -0.2) is 0 Å². The van der Waals surface area contributed by atoms with Crippen LogP contribution in [0.2, 0.25) is 0 Å². The maximum Gasteiger partial charge on any atom is 0.308 e. The van der Waals surface area contributed by atoms with Gasteiger partial charge in [0, 0.05) is 6.92 Å². The molecule has 1 atom stereocenters. The summed E-state index contributed by atoms with van der Waals surface area (Å²) in [4.78, 5) is 10.9. The lowest BCUT2D eigenvalue weighted by atomic mass is 9.92. The van der Waals surface area contributed by atoms with E-state index < -0.39 is 0 Å². The van der Waals surface area contributed by atoms with Crippen LogP contribution in [-0.2, 0) is 4.79 Å². The Labute approximate surface area is 123 Å². The van der Waals surface area contributed by atoms with Gasteiger partial charge in [-0.05, 0) is 35.4 Å². The number of ether oxygens (including phenoxy) is 2. The first kappa shape index (κ1) is 14.6. The van der Waals surface area contributed by atoms with Crippen molar-refractivity contribution >= 4 is 5.97 Å². The summed E-state index contributed by atoms with van der Waals surface area (Å²) in [6, 6.07) is 16.6. The van der Waals surface area contributed by atoms with E-state index in [-0.39, 0.29) is 11.9 Å². The van der Waals surface area contributed by atoms with Crippen LogP contribution in [0.3, 0.4) is 0 Å². The Morgan fingerprint density at radius 3 is 1.86 bits per heavy atom. The molecule has 1 unspecified atom stereocenters. The van der Waals surface area contributed by atoms with E-state index in [2.05, 4.69) is 6.07 Å². The summed E-state index contributed by atoms with van der Waals surface area (Å²) in [5, 5.41) is 9.41. The van der Waals surface area contributed by atoms with Gasteiger partial charge in [0.05, 0.1) is 19.1 Å². The van der Waals surface area contributed by atoms with Crippen molar-refractivity contribution in [2.45, 2.75) is 12.8 Å². The Morgan fingerprint density at radius 1 is 1.00 bits per heavy atom. The molecule has 0 bridgehead atoms. The van der Waals surface area contributed by atoms with Gasteiger partial charge in [-0.2, -0.15) is 5.26 Å². The predicted octanol–water partition coefficient (Wildman–Crippen LogP) is 3.28. The normalized spacial score (nSPS) is 11.3. The number of carbonyl (C=O) groups excluding carboxylic acids is 1. The molecule has 0 amide bonds. The molecule has 0 aliphatic heterocycles. The molecule has 4 heteroatoms. The Bertz CT molecular complexity index is 654. The van der Waals surface area contributed by atoms with Crippen molar-refractivity contribution in [2.75, 3.05) is 7.11 Å². The molecule has 0 saturated heterocycles. The summed E-state index contributed by atoms with van der Waals surface area (Å²) in [7, 11) is 1.60. The van der Waals surface area contributed by atoms with Gasteiger partial charge in [-0.15, -0.1) is 0 Å². The average molecular weight is 281 g/mol. The van der Waals surface area contributed by atoms with Crippen LogP contribution < -0.4 is 9.47 Å². The van der Waals surface area contributed by atoms with Gasteiger partial charge in [0.25, 0.3) is 0 Å². The van der Waals surface area contributed by atoms with Gasteiger partial charge in [0.2, 0.25) is 0 Å². The lowest BCUT2D eigenvalue weighted by Gasteiger charge is -2.11. The summed E-state index contributed by atoms with van der Waals surface area (Å²) < 4.78 is 10.1. The molecule has 106 valence electrons. The van der Waals surface area contributed by atoms with Gasteiger partial charge in [-0.3, -0.25) is 4.79 Å². The van der Waals surface area contributed by atoms with Crippen molar-refractivity contribution < 1.29 is 14.3 Å². The predicted molar refractivity (Wildman–Crippen MR) is 78.2 cm³/mol. The number of benzene rings is 2. The van der Waals surface area contributed by atoms with E-state index >= 15 is 0 Å². The molecule has 0 aliphatic rings. The zero-order valence-corrected chi connectivity index (χ0v) is 11.9. The second-order valence-corrected chi connectivity index (χ2v) is 4.50. The fourth-order valence-corrected chi connectivity index (χ4v) is 2.03. The van der Waals surface area contributed by atoms with Gasteiger partial charge in [-0.1, -0.05) is 24.3 Å². The third-order valence-electron chi connectivity index (χ3n) is 3.05. The van der Waals surface area contributed by atoms with Crippen molar-refractivity contribution in [1.29, 1.82) is 5.26 Å². The zero-order valence-electron chi connectivity index (χ0n) is 11.9. The smallest absolute Gasteiger partial charge is 0.308 e. The second kappa shape index (κ2) is 6.58. The lowest BCUT2D eigenvalue weighted by molar-refractivity contribution is -0.131. The number of hydrogen-bond donors (Lipinski definition) is 0. The highest BCUT2D eigenvalue weighted by atomic mass is 16.5. The van der Waals surface area contributed by atoms with Crippen LogP contribution in [0.25, 0.3) is 0 Å². The van der Waals surface area contributed by atoms with E-state index in [4.69, 9.17) is 9.47 Å². The highest BCUT2D eigenvalue weighted by molar-refractivity contribution is 5.69. The topological polar surface area (TPSA) is 59.3 Å². The van der Waals surface area contributed by atoms with Crippen molar-refractivity contribution in [3.63, 3.8) is 0 Å². The van der Waals surface area contributed by atoms with Gasteiger partial charge in [0.15, 0.2) is 0 Å². The number of esters is 1. The first-order valence-electron chi connectivity index (χ1n) is 6.46. The largest absolute Gasteiger partial charge is 0.497 e. The minimum atomic E-state index is -0.373. The van der Waals surface area contributed by atoms with Crippen LogP contribution in [-0.4, -0.2) is 13.1 Å². The van der Waals surface area contributed by atoms with E-state index in [9.17, 15) is 10.1 Å². The maximum absolute atomic E-state index is 10.9. The molecule has 0 fully saturated rings. The number of nitriles is 1. The third kappa shape index (κ3) is 3.61. The number of carbonyl (C=O) groups is 1. The molecule has 2 aromatic rings. The van der Waals surface area contributed by atoms with Crippen LogP contribution in [0.5, 0.6) is 11.5 Å². The van der Waals surface area contributed by atoms with Crippen molar-refractivity contribution in [1.82, 2.24) is 0 Å². The fourth-order valence-electron chi connectivity index (χ4n) is 2.03. The highest BCUT2D eigenvalue weighted by Gasteiger charge is 2.13. The number of nitrogens with zero attached hydrogens (tertiary/aromatic N) is 1. The molecule has 2 rings (SSSR count). The van der Waals surface area contributed by atoms with Crippen LogP contribution in [0.1, 0.15) is 24.0 Å². The first-order valence-corrected chi connectivity index (χ1v) is 6.46. The van der Waals surface area contributed by atoms with Crippen LogP contribution in [0.4, 0.5) is 0 Å². The lowest BCUT2D eigenvalue weighted by Crippen LogP contribution is -2.02. The first-order chi connectivity index (χ1) is 10.1.